The van der Waals surface area contributed by atoms with Gasteiger partial charge in [0, 0.05) is 55.4 Å². The number of morpholine rings is 1. The third kappa shape index (κ3) is 6.01. The van der Waals surface area contributed by atoms with Gasteiger partial charge in [-0.15, -0.1) is 0 Å². The summed E-state index contributed by atoms with van der Waals surface area (Å²) in [6, 6.07) is 11.6. The number of rotatable bonds is 8. The predicted octanol–water partition coefficient (Wildman–Crippen LogP) is 5.66. The highest BCUT2D eigenvalue weighted by molar-refractivity contribution is 7.90. The van der Waals surface area contributed by atoms with Gasteiger partial charge in [0.05, 0.1) is 64.9 Å². The maximum atomic E-state index is 12.8. The van der Waals surface area contributed by atoms with Crippen molar-refractivity contribution in [1.82, 2.24) is 18.8 Å². The zero-order chi connectivity index (χ0) is 30.1. The highest BCUT2D eigenvalue weighted by Gasteiger charge is 2.27. The van der Waals surface area contributed by atoms with Gasteiger partial charge in [-0.25, -0.2) is 22.4 Å². The summed E-state index contributed by atoms with van der Waals surface area (Å²) in [5.74, 6) is 0.821. The van der Waals surface area contributed by atoms with Gasteiger partial charge in [0.1, 0.15) is 5.75 Å². The number of benzene rings is 2. The normalized spacial score (nSPS) is 17.0. The fourth-order valence-electron chi connectivity index (χ4n) is 5.91. The van der Waals surface area contributed by atoms with Crippen LogP contribution in [0.2, 0.25) is 10.0 Å². The van der Waals surface area contributed by atoms with Gasteiger partial charge >= 0.3 is 0 Å². The van der Waals surface area contributed by atoms with Gasteiger partial charge in [-0.2, -0.15) is 0 Å². The number of hydrogen-bond donors (Lipinski definition) is 1. The van der Waals surface area contributed by atoms with Crippen molar-refractivity contribution in [2.75, 3.05) is 62.5 Å². The molecule has 0 spiro atoms. The quantitative estimate of drug-likeness (QED) is 0.260. The van der Waals surface area contributed by atoms with Crippen molar-refractivity contribution >= 4 is 61.5 Å². The Labute approximate surface area is 261 Å². The largest absolute Gasteiger partial charge is 0.494 e. The Morgan fingerprint density at radius 1 is 1.07 bits per heavy atom. The molecule has 228 valence electrons. The standard InChI is InChI=1S/C30H34Cl2N6O4S/c1-3-43(39,40)38-19-22(21-6-4-5-7-26(21)38)29-24(32)18-33-30(35-29)34-25-16-23(31)27(17-28(25)41-2)37-10-8-20(9-11-37)36-12-14-42-15-13-36/h4-7,16-20H,3,8-15H2,1-2H3,(H,33,34,35). The Hall–Kier alpha value is -3.09. The second-order valence-corrected chi connectivity index (χ2v) is 13.6. The van der Waals surface area contributed by atoms with Crippen LogP contribution >= 0.6 is 23.2 Å². The number of aromatic nitrogens is 3. The molecule has 0 unspecified atom stereocenters. The van der Waals surface area contributed by atoms with Crippen LogP contribution in [0.1, 0.15) is 19.8 Å². The molecule has 1 N–H and O–H groups in total. The lowest BCUT2D eigenvalue weighted by Crippen LogP contribution is -2.49. The molecule has 4 heterocycles. The van der Waals surface area contributed by atoms with E-state index in [1.165, 1.54) is 10.2 Å². The minimum absolute atomic E-state index is 0.0438. The third-order valence-corrected chi connectivity index (χ3v) is 10.4. The van der Waals surface area contributed by atoms with Crippen molar-refractivity contribution in [3.8, 4) is 17.0 Å². The van der Waals surface area contributed by atoms with Crippen LogP contribution in [0, 0.1) is 0 Å². The molecule has 6 rings (SSSR count). The first-order valence-electron chi connectivity index (χ1n) is 14.4. The van der Waals surface area contributed by atoms with Gasteiger partial charge in [0.25, 0.3) is 0 Å². The molecule has 0 radical (unpaired) electrons. The zero-order valence-electron chi connectivity index (χ0n) is 24.1. The fraction of sp³-hybridized carbons (Fsp3) is 0.400. The first-order valence-corrected chi connectivity index (χ1v) is 16.7. The molecule has 13 heteroatoms. The molecular formula is C30H34Cl2N6O4S. The van der Waals surface area contributed by atoms with Crippen molar-refractivity contribution in [2.45, 2.75) is 25.8 Å². The number of halogens is 2. The number of anilines is 3. The molecule has 0 aliphatic carbocycles. The van der Waals surface area contributed by atoms with Crippen LogP contribution in [-0.4, -0.2) is 85.6 Å². The highest BCUT2D eigenvalue weighted by atomic mass is 35.5. The van der Waals surface area contributed by atoms with Crippen LogP contribution in [0.3, 0.4) is 0 Å². The van der Waals surface area contributed by atoms with E-state index in [9.17, 15) is 8.42 Å². The number of para-hydroxylation sites is 1. The second-order valence-electron chi connectivity index (χ2n) is 10.6. The maximum Gasteiger partial charge on any atom is 0.238 e. The molecule has 0 amide bonds. The highest BCUT2D eigenvalue weighted by Crippen LogP contribution is 2.40. The number of methoxy groups -OCH3 is 1. The lowest BCUT2D eigenvalue weighted by Gasteiger charge is -2.41. The lowest BCUT2D eigenvalue weighted by molar-refractivity contribution is 0.0115. The summed E-state index contributed by atoms with van der Waals surface area (Å²) >= 11 is 13.4. The van der Waals surface area contributed by atoms with E-state index >= 15 is 0 Å². The Balaban J connectivity index is 1.26. The van der Waals surface area contributed by atoms with Gasteiger partial charge in [0.2, 0.25) is 16.0 Å². The molecule has 2 aromatic carbocycles. The minimum atomic E-state index is -3.55. The smallest absolute Gasteiger partial charge is 0.238 e. The second kappa shape index (κ2) is 12.5. The number of nitrogens with one attached hydrogen (secondary N) is 1. The van der Waals surface area contributed by atoms with E-state index in [0.29, 0.717) is 49.7 Å². The predicted molar refractivity (Wildman–Crippen MR) is 172 cm³/mol. The van der Waals surface area contributed by atoms with Crippen LogP contribution in [0.5, 0.6) is 5.75 Å². The van der Waals surface area contributed by atoms with Crippen molar-refractivity contribution in [2.24, 2.45) is 0 Å². The van der Waals surface area contributed by atoms with Crippen molar-refractivity contribution in [1.29, 1.82) is 0 Å². The lowest BCUT2D eigenvalue weighted by atomic mass is 10.0. The molecule has 2 aromatic heterocycles. The number of ether oxygens (including phenoxy) is 2. The van der Waals surface area contributed by atoms with Crippen LogP contribution in [0.15, 0.2) is 48.8 Å². The summed E-state index contributed by atoms with van der Waals surface area (Å²) in [4.78, 5) is 13.9. The van der Waals surface area contributed by atoms with E-state index in [2.05, 4.69) is 20.1 Å². The van der Waals surface area contributed by atoms with E-state index in [1.807, 2.05) is 24.3 Å². The molecule has 2 aliphatic rings. The molecule has 0 bridgehead atoms. The molecule has 4 aromatic rings. The number of hydrogen-bond acceptors (Lipinski definition) is 9. The molecule has 0 saturated carbocycles. The Morgan fingerprint density at radius 3 is 2.53 bits per heavy atom. The average Bonchev–Trinajstić information content (AvgIpc) is 3.43. The third-order valence-electron chi connectivity index (χ3n) is 8.22. The molecule has 43 heavy (non-hydrogen) atoms. The number of nitrogens with zero attached hydrogens (tertiary/aromatic N) is 5. The molecular weight excluding hydrogens is 611 g/mol. The van der Waals surface area contributed by atoms with E-state index in [1.54, 1.807) is 32.4 Å². The SMILES string of the molecule is CCS(=O)(=O)n1cc(-c2nc(Nc3cc(Cl)c(N4CCC(N5CCOCC5)CC4)cc3OC)ncc2Cl)c2ccccc21. The average molecular weight is 646 g/mol. The minimum Gasteiger partial charge on any atom is -0.494 e. The monoisotopic (exact) mass is 644 g/mol. The molecule has 0 atom stereocenters. The first kappa shape index (κ1) is 30.0. The van der Waals surface area contributed by atoms with E-state index in [4.69, 9.17) is 37.7 Å². The summed E-state index contributed by atoms with van der Waals surface area (Å²) in [6.07, 6.45) is 5.19. The summed E-state index contributed by atoms with van der Waals surface area (Å²) in [5, 5.41) is 4.83. The van der Waals surface area contributed by atoms with Crippen molar-refractivity contribution < 1.29 is 17.9 Å². The topological polar surface area (TPSA) is 102 Å². The van der Waals surface area contributed by atoms with Gasteiger partial charge in [-0.05, 0) is 31.9 Å². The van der Waals surface area contributed by atoms with Gasteiger partial charge in [-0.1, -0.05) is 41.4 Å². The molecule has 2 aliphatic heterocycles. The summed E-state index contributed by atoms with van der Waals surface area (Å²) < 4.78 is 38.2. The van der Waals surface area contributed by atoms with Gasteiger partial charge in [0.15, 0.2) is 0 Å². The van der Waals surface area contributed by atoms with E-state index < -0.39 is 10.0 Å². The fourth-order valence-corrected chi connectivity index (χ4v) is 7.39. The number of fused-ring (bicyclic) bond motifs is 1. The summed E-state index contributed by atoms with van der Waals surface area (Å²) in [7, 11) is -1.94. The van der Waals surface area contributed by atoms with Gasteiger partial charge < -0.3 is 19.7 Å². The zero-order valence-corrected chi connectivity index (χ0v) is 26.4. The Bertz CT molecular complexity index is 1730. The molecule has 10 nitrogen and oxygen atoms in total. The molecule has 2 saturated heterocycles. The van der Waals surface area contributed by atoms with Crippen LogP contribution in [0.4, 0.5) is 17.3 Å². The van der Waals surface area contributed by atoms with Crippen molar-refractivity contribution in [3.05, 3.63) is 58.8 Å². The Morgan fingerprint density at radius 2 is 1.81 bits per heavy atom. The van der Waals surface area contributed by atoms with Crippen molar-refractivity contribution in [3.63, 3.8) is 0 Å². The molecule has 2 fully saturated rings. The van der Waals surface area contributed by atoms with E-state index in [0.717, 1.165) is 57.9 Å². The summed E-state index contributed by atoms with van der Waals surface area (Å²) in [5.41, 5.74) is 3.08. The maximum absolute atomic E-state index is 12.8. The van der Waals surface area contributed by atoms with Crippen LogP contribution in [-0.2, 0) is 14.8 Å². The van der Waals surface area contributed by atoms with E-state index in [-0.39, 0.29) is 11.7 Å². The first-order chi connectivity index (χ1) is 20.8. The van der Waals surface area contributed by atoms with Crippen LogP contribution in [0.25, 0.3) is 22.2 Å². The number of piperidine rings is 1. The van der Waals surface area contributed by atoms with Gasteiger partial charge in [-0.3, -0.25) is 4.90 Å². The summed E-state index contributed by atoms with van der Waals surface area (Å²) in [6.45, 7) is 7.02. The Kier molecular flexibility index (Phi) is 8.70. The van der Waals surface area contributed by atoms with Crippen LogP contribution < -0.4 is 15.0 Å².